The van der Waals surface area contributed by atoms with Gasteiger partial charge in [0, 0.05) is 6.04 Å². The summed E-state index contributed by atoms with van der Waals surface area (Å²) in [6.45, 7) is 9.23. The van der Waals surface area contributed by atoms with Gasteiger partial charge < -0.3 is 4.90 Å². The zero-order valence-corrected chi connectivity index (χ0v) is 13.7. The minimum Gasteiger partial charge on any atom is -0.302 e. The highest BCUT2D eigenvalue weighted by Gasteiger charge is 2.27. The quantitative estimate of drug-likeness (QED) is 0.651. The van der Waals surface area contributed by atoms with E-state index in [1.807, 2.05) is 0 Å². The average Bonchev–Trinajstić information content (AvgIpc) is 2.37. The van der Waals surface area contributed by atoms with Crippen LogP contribution in [0.5, 0.6) is 0 Å². The molecule has 0 saturated carbocycles. The van der Waals surface area contributed by atoms with E-state index in [-0.39, 0.29) is 0 Å². The lowest BCUT2D eigenvalue weighted by molar-refractivity contribution is 0.165. The highest BCUT2D eigenvalue weighted by atomic mass is 15.1. The molecule has 0 aliphatic carbocycles. The molecule has 0 aliphatic rings. The van der Waals surface area contributed by atoms with Gasteiger partial charge in [0.25, 0.3) is 0 Å². The number of hydrogen-bond donors (Lipinski definition) is 0. The van der Waals surface area contributed by atoms with E-state index < -0.39 is 0 Å². The van der Waals surface area contributed by atoms with Gasteiger partial charge in [-0.05, 0) is 44.8 Å². The van der Waals surface area contributed by atoms with Gasteiger partial charge in [0.2, 0.25) is 0 Å². The van der Waals surface area contributed by atoms with Crippen molar-refractivity contribution in [1.29, 1.82) is 0 Å². The Morgan fingerprint density at radius 2 is 1.68 bits per heavy atom. The molecule has 1 rings (SSSR count). The number of rotatable bonds is 7. The van der Waals surface area contributed by atoms with Crippen LogP contribution in [0.3, 0.4) is 0 Å². The molecule has 0 radical (unpaired) electrons. The molecule has 1 nitrogen and oxygen atoms in total. The second kappa shape index (κ2) is 7.09. The molecule has 0 heterocycles. The molecule has 2 unspecified atom stereocenters. The van der Waals surface area contributed by atoms with Crippen LogP contribution in [0, 0.1) is 12.3 Å². The molecule has 0 N–H and O–H groups in total. The van der Waals surface area contributed by atoms with E-state index in [9.17, 15) is 0 Å². The number of benzene rings is 1. The Kier molecular flexibility index (Phi) is 6.06. The fraction of sp³-hybridized carbons (Fsp3) is 0.667. The van der Waals surface area contributed by atoms with Crippen molar-refractivity contribution in [2.24, 2.45) is 5.41 Å². The second-order valence-electron chi connectivity index (χ2n) is 6.51. The molecule has 108 valence electrons. The maximum absolute atomic E-state index is 2.45. The standard InChI is InChI=1S/C18H31N/c1-7-13-18(4,8-2)14-17(19(5)6)16-11-9-15(3)10-12-16/h9-12,17H,7-8,13-14H2,1-6H3. The maximum atomic E-state index is 2.45. The third-order valence-corrected chi connectivity index (χ3v) is 4.48. The van der Waals surface area contributed by atoms with Crippen molar-refractivity contribution >= 4 is 0 Å². The van der Waals surface area contributed by atoms with Gasteiger partial charge in [-0.15, -0.1) is 0 Å². The van der Waals surface area contributed by atoms with E-state index in [0.717, 1.165) is 0 Å². The summed E-state index contributed by atoms with van der Waals surface area (Å²) in [7, 11) is 4.40. The van der Waals surface area contributed by atoms with Gasteiger partial charge in [-0.25, -0.2) is 0 Å². The average molecular weight is 261 g/mol. The number of aryl methyl sites for hydroxylation is 1. The topological polar surface area (TPSA) is 3.24 Å². The van der Waals surface area contributed by atoms with Gasteiger partial charge in [-0.3, -0.25) is 0 Å². The molecule has 2 atom stereocenters. The van der Waals surface area contributed by atoms with E-state index in [2.05, 4.69) is 71.0 Å². The highest BCUT2D eigenvalue weighted by molar-refractivity contribution is 5.24. The molecule has 0 amide bonds. The Morgan fingerprint density at radius 3 is 2.11 bits per heavy atom. The van der Waals surface area contributed by atoms with Gasteiger partial charge >= 0.3 is 0 Å². The zero-order chi connectivity index (χ0) is 14.5. The lowest BCUT2D eigenvalue weighted by Crippen LogP contribution is -2.27. The molecule has 19 heavy (non-hydrogen) atoms. The molecular formula is C18H31N. The van der Waals surface area contributed by atoms with Gasteiger partial charge in [-0.2, -0.15) is 0 Å². The Bertz CT molecular complexity index is 366. The SMILES string of the molecule is CCCC(C)(CC)CC(c1ccc(C)cc1)N(C)C. The molecule has 0 bridgehead atoms. The molecule has 0 fully saturated rings. The highest BCUT2D eigenvalue weighted by Crippen LogP contribution is 2.39. The molecule has 1 aromatic rings. The predicted octanol–water partition coefficient (Wildman–Crippen LogP) is 5.20. The lowest BCUT2D eigenvalue weighted by Gasteiger charge is -2.36. The molecule has 0 saturated heterocycles. The van der Waals surface area contributed by atoms with Crippen molar-refractivity contribution in [1.82, 2.24) is 4.90 Å². The van der Waals surface area contributed by atoms with Crippen molar-refractivity contribution in [3.8, 4) is 0 Å². The lowest BCUT2D eigenvalue weighted by atomic mass is 9.76. The van der Waals surface area contributed by atoms with Gasteiger partial charge in [0.15, 0.2) is 0 Å². The van der Waals surface area contributed by atoms with Crippen molar-refractivity contribution in [3.05, 3.63) is 35.4 Å². The number of nitrogens with zero attached hydrogens (tertiary/aromatic N) is 1. The van der Waals surface area contributed by atoms with Gasteiger partial charge in [0.1, 0.15) is 0 Å². The Labute approximate surface area is 120 Å². The van der Waals surface area contributed by atoms with E-state index in [1.54, 1.807) is 0 Å². The van der Waals surface area contributed by atoms with Crippen LogP contribution in [0.15, 0.2) is 24.3 Å². The summed E-state index contributed by atoms with van der Waals surface area (Å²) in [5.41, 5.74) is 3.24. The van der Waals surface area contributed by atoms with Crippen molar-refractivity contribution < 1.29 is 0 Å². The van der Waals surface area contributed by atoms with E-state index in [4.69, 9.17) is 0 Å². The monoisotopic (exact) mass is 261 g/mol. The zero-order valence-electron chi connectivity index (χ0n) is 13.7. The third kappa shape index (κ3) is 4.65. The molecule has 0 aliphatic heterocycles. The summed E-state index contributed by atoms with van der Waals surface area (Å²) in [6.07, 6.45) is 5.10. The van der Waals surface area contributed by atoms with Crippen LogP contribution in [0.4, 0.5) is 0 Å². The first-order valence-corrected chi connectivity index (χ1v) is 7.65. The van der Waals surface area contributed by atoms with Gasteiger partial charge in [0.05, 0.1) is 0 Å². The smallest absolute Gasteiger partial charge is 0.0347 e. The minimum atomic E-state index is 0.453. The molecule has 1 heteroatoms. The Hall–Kier alpha value is -0.820. The molecular weight excluding hydrogens is 230 g/mol. The Morgan fingerprint density at radius 1 is 1.11 bits per heavy atom. The summed E-state index contributed by atoms with van der Waals surface area (Å²) in [6, 6.07) is 9.57. The van der Waals surface area contributed by atoms with Crippen LogP contribution in [-0.2, 0) is 0 Å². The summed E-state index contributed by atoms with van der Waals surface area (Å²) < 4.78 is 0. The van der Waals surface area contributed by atoms with Crippen molar-refractivity contribution in [2.45, 2.75) is 59.4 Å². The van der Waals surface area contributed by atoms with Crippen LogP contribution in [0.25, 0.3) is 0 Å². The van der Waals surface area contributed by atoms with Crippen LogP contribution in [-0.4, -0.2) is 19.0 Å². The summed E-state index contributed by atoms with van der Waals surface area (Å²) in [4.78, 5) is 2.37. The maximum Gasteiger partial charge on any atom is 0.0347 e. The fourth-order valence-corrected chi connectivity index (χ4v) is 2.88. The van der Waals surface area contributed by atoms with Crippen molar-refractivity contribution in [2.75, 3.05) is 14.1 Å². The Balaban J connectivity index is 2.92. The van der Waals surface area contributed by atoms with Crippen LogP contribution in [0.2, 0.25) is 0 Å². The normalized spacial score (nSPS) is 16.4. The second-order valence-corrected chi connectivity index (χ2v) is 6.51. The molecule has 0 spiro atoms. The fourth-order valence-electron chi connectivity index (χ4n) is 2.88. The number of hydrogen-bond acceptors (Lipinski definition) is 1. The summed E-state index contributed by atoms with van der Waals surface area (Å²) in [5, 5.41) is 0. The summed E-state index contributed by atoms with van der Waals surface area (Å²) >= 11 is 0. The first-order chi connectivity index (χ1) is 8.91. The van der Waals surface area contributed by atoms with E-state index >= 15 is 0 Å². The summed E-state index contributed by atoms with van der Waals surface area (Å²) in [5.74, 6) is 0. The molecule has 1 aromatic carbocycles. The van der Waals surface area contributed by atoms with Crippen LogP contribution < -0.4 is 0 Å². The third-order valence-electron chi connectivity index (χ3n) is 4.48. The van der Waals surface area contributed by atoms with E-state index in [0.29, 0.717) is 11.5 Å². The predicted molar refractivity (Wildman–Crippen MR) is 85.5 cm³/mol. The van der Waals surface area contributed by atoms with E-state index in [1.165, 1.54) is 36.8 Å². The largest absolute Gasteiger partial charge is 0.302 e. The van der Waals surface area contributed by atoms with Crippen molar-refractivity contribution in [3.63, 3.8) is 0 Å². The minimum absolute atomic E-state index is 0.453. The first-order valence-electron chi connectivity index (χ1n) is 7.65. The van der Waals surface area contributed by atoms with Crippen LogP contribution >= 0.6 is 0 Å². The first kappa shape index (κ1) is 16.2. The molecule has 0 aromatic heterocycles. The van der Waals surface area contributed by atoms with Crippen LogP contribution in [0.1, 0.15) is 63.6 Å². The van der Waals surface area contributed by atoms with Gasteiger partial charge in [-0.1, -0.05) is 63.4 Å².